The van der Waals surface area contributed by atoms with Crippen LogP contribution in [0.1, 0.15) is 44.2 Å². The van der Waals surface area contributed by atoms with Gasteiger partial charge in [0.1, 0.15) is 0 Å². The van der Waals surface area contributed by atoms with Crippen LogP contribution in [0.4, 0.5) is 5.69 Å². The van der Waals surface area contributed by atoms with Gasteiger partial charge in [0.25, 0.3) is 0 Å². The molecule has 4 heteroatoms. The standard InChI is InChI=1S/C16H23BrN2O/c1-11(18)13-7-6-12(10-14(13)17)19-8-9-20-16-5-3-2-4-15(16)19/h6-7,10-11,15-16H,2-5,8-9,18H2,1H3/t11-,15?,16?/m1/s1. The van der Waals surface area contributed by atoms with E-state index in [-0.39, 0.29) is 6.04 Å². The molecule has 0 aromatic heterocycles. The van der Waals surface area contributed by atoms with Gasteiger partial charge in [0, 0.05) is 22.7 Å². The highest BCUT2D eigenvalue weighted by molar-refractivity contribution is 9.10. The molecule has 0 bridgehead atoms. The molecule has 1 heterocycles. The SMILES string of the molecule is C[C@@H](N)c1ccc(N2CCOC3CCCCC32)cc1Br. The molecule has 2 unspecified atom stereocenters. The number of benzene rings is 1. The first-order chi connectivity index (χ1) is 9.66. The molecule has 3 atom stereocenters. The van der Waals surface area contributed by atoms with E-state index in [1.54, 1.807) is 0 Å². The van der Waals surface area contributed by atoms with Crippen LogP contribution in [0, 0.1) is 0 Å². The number of ether oxygens (including phenoxy) is 1. The molecule has 3 nitrogen and oxygen atoms in total. The second-order valence-electron chi connectivity index (χ2n) is 5.95. The summed E-state index contributed by atoms with van der Waals surface area (Å²) >= 11 is 3.66. The molecule has 1 aliphatic carbocycles. The van der Waals surface area contributed by atoms with E-state index in [0.717, 1.165) is 17.6 Å². The number of hydrogen-bond acceptors (Lipinski definition) is 3. The number of anilines is 1. The molecule has 2 aliphatic rings. The first-order valence-electron chi connectivity index (χ1n) is 7.60. The van der Waals surface area contributed by atoms with Crippen molar-refractivity contribution in [2.75, 3.05) is 18.1 Å². The molecule has 1 aromatic carbocycles. The Hall–Kier alpha value is -0.580. The van der Waals surface area contributed by atoms with Crippen LogP contribution < -0.4 is 10.6 Å². The van der Waals surface area contributed by atoms with Gasteiger partial charge in [-0.1, -0.05) is 34.8 Å². The summed E-state index contributed by atoms with van der Waals surface area (Å²) in [6.45, 7) is 3.85. The van der Waals surface area contributed by atoms with Crippen molar-refractivity contribution in [2.45, 2.75) is 50.8 Å². The highest BCUT2D eigenvalue weighted by atomic mass is 79.9. The molecule has 2 fully saturated rings. The normalized spacial score (nSPS) is 28.1. The fourth-order valence-electron chi connectivity index (χ4n) is 3.48. The molecule has 20 heavy (non-hydrogen) atoms. The zero-order valence-electron chi connectivity index (χ0n) is 12.0. The van der Waals surface area contributed by atoms with Crippen LogP contribution in [0.25, 0.3) is 0 Å². The van der Waals surface area contributed by atoms with Crippen LogP contribution in [0.15, 0.2) is 22.7 Å². The summed E-state index contributed by atoms with van der Waals surface area (Å²) in [5.41, 5.74) is 8.45. The molecule has 110 valence electrons. The maximum Gasteiger partial charge on any atom is 0.0779 e. The Kier molecular flexibility index (Phi) is 4.34. The minimum Gasteiger partial charge on any atom is -0.374 e. The Bertz CT molecular complexity index is 476. The van der Waals surface area contributed by atoms with Gasteiger partial charge in [-0.25, -0.2) is 0 Å². The molecule has 0 radical (unpaired) electrons. The molecule has 1 aromatic rings. The van der Waals surface area contributed by atoms with Crippen LogP contribution in [-0.4, -0.2) is 25.3 Å². The van der Waals surface area contributed by atoms with Gasteiger partial charge < -0.3 is 15.4 Å². The lowest BCUT2D eigenvalue weighted by atomic mass is 9.89. The number of nitrogens with zero attached hydrogens (tertiary/aromatic N) is 1. The lowest BCUT2D eigenvalue weighted by Crippen LogP contribution is -2.52. The second kappa shape index (κ2) is 6.04. The molecule has 0 spiro atoms. The average molecular weight is 339 g/mol. The molecule has 0 amide bonds. The number of nitrogens with two attached hydrogens (primary N) is 1. The summed E-state index contributed by atoms with van der Waals surface area (Å²) < 4.78 is 7.07. The Morgan fingerprint density at radius 3 is 2.90 bits per heavy atom. The number of morpholine rings is 1. The van der Waals surface area contributed by atoms with E-state index in [4.69, 9.17) is 10.5 Å². The van der Waals surface area contributed by atoms with Gasteiger partial charge in [-0.05, 0) is 37.5 Å². The molecule has 3 rings (SSSR count). The third-order valence-electron chi connectivity index (χ3n) is 4.54. The van der Waals surface area contributed by atoms with E-state index in [2.05, 4.69) is 39.0 Å². The van der Waals surface area contributed by atoms with Gasteiger partial charge in [0.05, 0.1) is 18.8 Å². The van der Waals surface area contributed by atoms with Crippen molar-refractivity contribution in [1.82, 2.24) is 0 Å². The second-order valence-corrected chi connectivity index (χ2v) is 6.80. The Morgan fingerprint density at radius 2 is 2.15 bits per heavy atom. The zero-order valence-corrected chi connectivity index (χ0v) is 13.6. The van der Waals surface area contributed by atoms with Crippen molar-refractivity contribution in [3.8, 4) is 0 Å². The quantitative estimate of drug-likeness (QED) is 0.894. The average Bonchev–Trinajstić information content (AvgIpc) is 2.46. The minimum absolute atomic E-state index is 0.0607. The number of fused-ring (bicyclic) bond motifs is 1. The Morgan fingerprint density at radius 1 is 1.35 bits per heavy atom. The van der Waals surface area contributed by atoms with E-state index in [0.29, 0.717) is 12.1 Å². The van der Waals surface area contributed by atoms with Gasteiger partial charge >= 0.3 is 0 Å². The maximum absolute atomic E-state index is 5.99. The summed E-state index contributed by atoms with van der Waals surface area (Å²) in [5, 5.41) is 0. The highest BCUT2D eigenvalue weighted by Crippen LogP contribution is 2.34. The largest absolute Gasteiger partial charge is 0.374 e. The minimum atomic E-state index is 0.0607. The lowest BCUT2D eigenvalue weighted by Gasteiger charge is -2.45. The molecule has 1 aliphatic heterocycles. The number of rotatable bonds is 2. The van der Waals surface area contributed by atoms with Crippen LogP contribution >= 0.6 is 15.9 Å². The number of hydrogen-bond donors (Lipinski definition) is 1. The monoisotopic (exact) mass is 338 g/mol. The van der Waals surface area contributed by atoms with E-state index in [1.807, 2.05) is 6.92 Å². The molecule has 1 saturated carbocycles. The van der Waals surface area contributed by atoms with E-state index in [1.165, 1.54) is 36.9 Å². The topological polar surface area (TPSA) is 38.5 Å². The van der Waals surface area contributed by atoms with Gasteiger partial charge in [-0.15, -0.1) is 0 Å². The van der Waals surface area contributed by atoms with Crippen molar-refractivity contribution in [1.29, 1.82) is 0 Å². The zero-order chi connectivity index (χ0) is 14.1. The Balaban J connectivity index is 1.85. The van der Waals surface area contributed by atoms with Crippen LogP contribution in [-0.2, 0) is 4.74 Å². The summed E-state index contributed by atoms with van der Waals surface area (Å²) in [4.78, 5) is 2.53. The fraction of sp³-hybridized carbons (Fsp3) is 0.625. The van der Waals surface area contributed by atoms with Crippen molar-refractivity contribution >= 4 is 21.6 Å². The maximum atomic E-state index is 5.99. The van der Waals surface area contributed by atoms with Crippen molar-refractivity contribution < 1.29 is 4.74 Å². The van der Waals surface area contributed by atoms with E-state index in [9.17, 15) is 0 Å². The summed E-state index contributed by atoms with van der Waals surface area (Å²) in [6.07, 6.45) is 5.50. The van der Waals surface area contributed by atoms with Gasteiger partial charge in [-0.3, -0.25) is 0 Å². The van der Waals surface area contributed by atoms with Crippen LogP contribution in [0.2, 0.25) is 0 Å². The van der Waals surface area contributed by atoms with Gasteiger partial charge in [-0.2, -0.15) is 0 Å². The molecule has 2 N–H and O–H groups in total. The summed E-state index contributed by atoms with van der Waals surface area (Å²) in [5.74, 6) is 0. The first-order valence-corrected chi connectivity index (χ1v) is 8.39. The summed E-state index contributed by atoms with van der Waals surface area (Å²) in [6, 6.07) is 7.18. The van der Waals surface area contributed by atoms with E-state index < -0.39 is 0 Å². The fourth-order valence-corrected chi connectivity index (χ4v) is 4.21. The Labute approximate surface area is 129 Å². The van der Waals surface area contributed by atoms with Crippen LogP contribution in [0.5, 0.6) is 0 Å². The van der Waals surface area contributed by atoms with Crippen molar-refractivity contribution in [3.63, 3.8) is 0 Å². The molecule has 1 saturated heterocycles. The smallest absolute Gasteiger partial charge is 0.0779 e. The third kappa shape index (κ3) is 2.74. The first kappa shape index (κ1) is 14.4. The summed E-state index contributed by atoms with van der Waals surface area (Å²) in [7, 11) is 0. The number of halogens is 1. The third-order valence-corrected chi connectivity index (χ3v) is 5.23. The molecular weight excluding hydrogens is 316 g/mol. The molecular formula is C16H23BrN2O. The van der Waals surface area contributed by atoms with E-state index >= 15 is 0 Å². The van der Waals surface area contributed by atoms with Crippen molar-refractivity contribution in [2.24, 2.45) is 5.73 Å². The van der Waals surface area contributed by atoms with Gasteiger partial charge in [0.15, 0.2) is 0 Å². The highest BCUT2D eigenvalue weighted by Gasteiger charge is 2.34. The predicted octanol–water partition coefficient (Wildman–Crippen LogP) is 3.62. The predicted molar refractivity (Wildman–Crippen MR) is 86.1 cm³/mol. The van der Waals surface area contributed by atoms with Crippen molar-refractivity contribution in [3.05, 3.63) is 28.2 Å². The lowest BCUT2D eigenvalue weighted by molar-refractivity contribution is -0.00868. The van der Waals surface area contributed by atoms with Crippen LogP contribution in [0.3, 0.4) is 0 Å². The van der Waals surface area contributed by atoms with Gasteiger partial charge in [0.2, 0.25) is 0 Å².